The molecule has 1 saturated heterocycles. The predicted octanol–water partition coefficient (Wildman–Crippen LogP) is 1.17. The van der Waals surface area contributed by atoms with E-state index in [0.29, 0.717) is 13.0 Å². The molecule has 20 heavy (non-hydrogen) atoms. The topological polar surface area (TPSA) is 73.4 Å². The molecule has 2 rings (SSSR count). The molecule has 2 atom stereocenters. The minimum atomic E-state index is -0.258. The first kappa shape index (κ1) is 15.2. The Labute approximate surface area is 123 Å². The van der Waals surface area contributed by atoms with Crippen LogP contribution in [0.3, 0.4) is 0 Å². The van der Waals surface area contributed by atoms with Gasteiger partial charge in [0, 0.05) is 17.9 Å². The van der Waals surface area contributed by atoms with Crippen LogP contribution in [0.2, 0.25) is 0 Å². The molecule has 1 aromatic carbocycles. The van der Waals surface area contributed by atoms with Crippen LogP contribution in [0.4, 0.5) is 0 Å². The summed E-state index contributed by atoms with van der Waals surface area (Å²) in [6.07, 6.45) is 0.629. The summed E-state index contributed by atoms with van der Waals surface area (Å²) in [6, 6.07) is 6.89. The molecule has 0 aliphatic carbocycles. The third-order valence-corrected chi connectivity index (χ3v) is 4.18. The molecule has 0 radical (unpaired) electrons. The second-order valence-electron chi connectivity index (χ2n) is 4.68. The van der Waals surface area contributed by atoms with E-state index >= 15 is 0 Å². The Hall–Kier alpha value is -1.24. The van der Waals surface area contributed by atoms with Crippen molar-refractivity contribution in [1.82, 2.24) is 16.2 Å². The first-order chi connectivity index (χ1) is 9.72. The number of benzene rings is 1. The van der Waals surface area contributed by atoms with E-state index in [0.717, 1.165) is 17.1 Å². The normalized spacial score (nSPS) is 21.9. The number of carbonyl (C=O) groups excluding carboxylic acids is 1. The van der Waals surface area contributed by atoms with Crippen molar-refractivity contribution in [2.45, 2.75) is 25.4 Å². The van der Waals surface area contributed by atoms with Crippen molar-refractivity contribution in [1.29, 1.82) is 0 Å². The zero-order valence-corrected chi connectivity index (χ0v) is 12.4. The molecule has 6 heteroatoms. The number of phenolic OH excluding ortho intramolecular Hbond substituents is 1. The molecular formula is C14H21N3O2S. The Bertz CT molecular complexity index is 456. The van der Waals surface area contributed by atoms with Crippen molar-refractivity contribution in [3.05, 3.63) is 29.8 Å². The van der Waals surface area contributed by atoms with Crippen LogP contribution in [-0.2, 0) is 4.79 Å². The number of hydrogen-bond donors (Lipinski definition) is 4. The molecule has 0 spiro atoms. The van der Waals surface area contributed by atoms with Crippen LogP contribution in [0.5, 0.6) is 5.75 Å². The lowest BCUT2D eigenvalue weighted by molar-refractivity contribution is -0.122. The van der Waals surface area contributed by atoms with E-state index in [1.807, 2.05) is 23.9 Å². The van der Waals surface area contributed by atoms with Crippen LogP contribution in [0.1, 0.15) is 24.9 Å². The van der Waals surface area contributed by atoms with Crippen molar-refractivity contribution >= 4 is 17.7 Å². The highest BCUT2D eigenvalue weighted by molar-refractivity contribution is 7.99. The first-order valence-corrected chi connectivity index (χ1v) is 8.02. The van der Waals surface area contributed by atoms with Gasteiger partial charge in [0.05, 0.1) is 6.04 Å². The van der Waals surface area contributed by atoms with Crippen molar-refractivity contribution in [3.8, 4) is 5.75 Å². The molecule has 4 N–H and O–H groups in total. The van der Waals surface area contributed by atoms with E-state index < -0.39 is 0 Å². The summed E-state index contributed by atoms with van der Waals surface area (Å²) in [5.41, 5.74) is 6.88. The standard InChI is InChI=1S/C14H21N3O2S/c1-2-20-8-7-15-14(19)12-9-11(16-17-12)10-5-3-4-6-13(10)18/h3-6,11-12,16-18H,2,7-9H2,1H3,(H,15,19). The van der Waals surface area contributed by atoms with Crippen LogP contribution in [-0.4, -0.2) is 35.1 Å². The maximum Gasteiger partial charge on any atom is 0.238 e. The fourth-order valence-corrected chi connectivity index (χ4v) is 2.76. The van der Waals surface area contributed by atoms with E-state index in [-0.39, 0.29) is 23.7 Å². The third kappa shape index (κ3) is 3.88. The molecule has 110 valence electrons. The minimum absolute atomic E-state index is 0.00660. The summed E-state index contributed by atoms with van der Waals surface area (Å²) in [4.78, 5) is 12.0. The lowest BCUT2D eigenvalue weighted by Gasteiger charge is -2.11. The van der Waals surface area contributed by atoms with Gasteiger partial charge in [0.2, 0.25) is 5.91 Å². The largest absolute Gasteiger partial charge is 0.508 e. The Morgan fingerprint density at radius 3 is 3.00 bits per heavy atom. The van der Waals surface area contributed by atoms with Crippen molar-refractivity contribution in [2.75, 3.05) is 18.1 Å². The third-order valence-electron chi connectivity index (χ3n) is 3.28. The van der Waals surface area contributed by atoms with Gasteiger partial charge >= 0.3 is 0 Å². The smallest absolute Gasteiger partial charge is 0.238 e. The monoisotopic (exact) mass is 295 g/mol. The lowest BCUT2D eigenvalue weighted by atomic mass is 10.0. The molecule has 1 aliphatic rings. The Morgan fingerprint density at radius 2 is 2.25 bits per heavy atom. The number of nitrogens with one attached hydrogen (secondary N) is 3. The van der Waals surface area contributed by atoms with Crippen LogP contribution in [0.15, 0.2) is 24.3 Å². The van der Waals surface area contributed by atoms with Gasteiger partial charge in [-0.15, -0.1) is 0 Å². The lowest BCUT2D eigenvalue weighted by Crippen LogP contribution is -2.43. The molecule has 0 saturated carbocycles. The number of hydrazine groups is 1. The van der Waals surface area contributed by atoms with Crippen molar-refractivity contribution in [3.63, 3.8) is 0 Å². The maximum atomic E-state index is 12.0. The second-order valence-corrected chi connectivity index (χ2v) is 6.07. The highest BCUT2D eigenvalue weighted by atomic mass is 32.2. The van der Waals surface area contributed by atoms with Gasteiger partial charge in [0.1, 0.15) is 11.8 Å². The fourth-order valence-electron chi connectivity index (χ4n) is 2.23. The number of hydrogen-bond acceptors (Lipinski definition) is 5. The van der Waals surface area contributed by atoms with Crippen LogP contribution >= 0.6 is 11.8 Å². The van der Waals surface area contributed by atoms with Crippen LogP contribution in [0.25, 0.3) is 0 Å². The number of aromatic hydroxyl groups is 1. The number of rotatable bonds is 6. The van der Waals surface area contributed by atoms with Gasteiger partial charge in [0.25, 0.3) is 0 Å². The first-order valence-electron chi connectivity index (χ1n) is 6.86. The molecule has 1 aliphatic heterocycles. The van der Waals surface area contributed by atoms with Gasteiger partial charge in [-0.05, 0) is 18.2 Å². The predicted molar refractivity (Wildman–Crippen MR) is 81.5 cm³/mol. The van der Waals surface area contributed by atoms with Gasteiger partial charge in [-0.2, -0.15) is 11.8 Å². The summed E-state index contributed by atoms with van der Waals surface area (Å²) in [5, 5.41) is 12.7. The number of thioether (sulfide) groups is 1. The Balaban J connectivity index is 1.83. The van der Waals surface area contributed by atoms with Gasteiger partial charge in [0.15, 0.2) is 0 Å². The summed E-state index contributed by atoms with van der Waals surface area (Å²) in [7, 11) is 0. The van der Waals surface area contributed by atoms with Gasteiger partial charge < -0.3 is 10.4 Å². The van der Waals surface area contributed by atoms with Gasteiger partial charge in [-0.25, -0.2) is 10.9 Å². The highest BCUT2D eigenvalue weighted by Gasteiger charge is 2.30. The molecule has 0 aromatic heterocycles. The molecule has 1 amide bonds. The van der Waals surface area contributed by atoms with Gasteiger partial charge in [-0.1, -0.05) is 25.1 Å². The Morgan fingerprint density at radius 1 is 1.45 bits per heavy atom. The summed E-state index contributed by atoms with van der Waals surface area (Å²) < 4.78 is 0. The average Bonchev–Trinajstić information content (AvgIpc) is 2.93. The second kappa shape index (κ2) is 7.52. The fraction of sp³-hybridized carbons (Fsp3) is 0.500. The SMILES string of the molecule is CCSCCNC(=O)C1CC(c2ccccc2O)NN1. The van der Waals surface area contributed by atoms with Crippen molar-refractivity contribution in [2.24, 2.45) is 0 Å². The molecule has 1 aromatic rings. The number of phenols is 1. The van der Waals surface area contributed by atoms with E-state index in [1.165, 1.54) is 0 Å². The number of para-hydroxylation sites is 1. The summed E-state index contributed by atoms with van der Waals surface area (Å²) >= 11 is 1.81. The maximum absolute atomic E-state index is 12.0. The Kier molecular flexibility index (Phi) is 5.70. The van der Waals surface area contributed by atoms with E-state index in [4.69, 9.17) is 0 Å². The molecule has 1 fully saturated rings. The number of carbonyl (C=O) groups is 1. The molecule has 2 unspecified atom stereocenters. The van der Waals surface area contributed by atoms with Crippen LogP contribution < -0.4 is 16.2 Å². The van der Waals surface area contributed by atoms with Gasteiger partial charge in [-0.3, -0.25) is 4.79 Å². The highest BCUT2D eigenvalue weighted by Crippen LogP contribution is 2.28. The quantitative estimate of drug-likeness (QED) is 0.593. The zero-order chi connectivity index (χ0) is 14.4. The van der Waals surface area contributed by atoms with E-state index in [1.54, 1.807) is 12.1 Å². The average molecular weight is 295 g/mol. The molecule has 5 nitrogen and oxygen atoms in total. The summed E-state index contributed by atoms with van der Waals surface area (Å²) in [6.45, 7) is 2.79. The van der Waals surface area contributed by atoms with E-state index in [2.05, 4.69) is 23.1 Å². The van der Waals surface area contributed by atoms with Crippen molar-refractivity contribution < 1.29 is 9.90 Å². The minimum Gasteiger partial charge on any atom is -0.508 e. The zero-order valence-electron chi connectivity index (χ0n) is 11.6. The van der Waals surface area contributed by atoms with Crippen LogP contribution in [0, 0.1) is 0 Å². The summed E-state index contributed by atoms with van der Waals surface area (Å²) in [5.74, 6) is 2.26. The molecule has 1 heterocycles. The molecular weight excluding hydrogens is 274 g/mol. The molecule has 0 bridgehead atoms. The number of amides is 1. The van der Waals surface area contributed by atoms with E-state index in [9.17, 15) is 9.90 Å².